The van der Waals surface area contributed by atoms with Crippen LogP contribution in [0.1, 0.15) is 22.6 Å². The van der Waals surface area contributed by atoms with E-state index < -0.39 is 24.0 Å². The molecular weight excluding hydrogens is 392 g/mol. The molecule has 1 aliphatic rings. The van der Waals surface area contributed by atoms with Gasteiger partial charge in [0.05, 0.1) is 34.4 Å². The lowest BCUT2D eigenvalue weighted by molar-refractivity contribution is -0.148. The number of ether oxygens (including phenoxy) is 5. The van der Waals surface area contributed by atoms with Crippen LogP contribution in [-0.4, -0.2) is 51.6 Å². The summed E-state index contributed by atoms with van der Waals surface area (Å²) in [5.41, 5.74) is 2.00. The van der Waals surface area contributed by atoms with Crippen molar-refractivity contribution in [2.24, 2.45) is 0 Å². The number of carbonyl (C=O) groups excluding carboxylic acids is 2. The number of esters is 2. The number of fused-ring (bicyclic) bond motifs is 1. The molecule has 0 spiro atoms. The van der Waals surface area contributed by atoms with Crippen LogP contribution in [0, 0.1) is 0 Å². The molecule has 8 heteroatoms. The SMILES string of the molecule is COC(=O)C=Cc1cc(OC)c2c(c1)[C@H](c1ccc(O)c(OC)c1)[C@@H](C(=O)OC)O2. The number of phenolic OH excluding ortho intramolecular Hbond substituents is 1. The molecule has 2 atom stereocenters. The number of phenols is 1. The van der Waals surface area contributed by atoms with Crippen molar-refractivity contribution in [3.63, 3.8) is 0 Å². The second kappa shape index (κ2) is 8.77. The molecule has 0 aliphatic carbocycles. The van der Waals surface area contributed by atoms with Crippen molar-refractivity contribution >= 4 is 18.0 Å². The second-order valence-electron chi connectivity index (χ2n) is 6.47. The topological polar surface area (TPSA) is 101 Å². The maximum atomic E-state index is 12.5. The van der Waals surface area contributed by atoms with E-state index in [9.17, 15) is 14.7 Å². The van der Waals surface area contributed by atoms with Crippen LogP contribution in [0.15, 0.2) is 36.4 Å². The zero-order valence-corrected chi connectivity index (χ0v) is 17.0. The third-order valence-corrected chi connectivity index (χ3v) is 4.82. The van der Waals surface area contributed by atoms with Gasteiger partial charge in [-0.2, -0.15) is 0 Å². The number of carbonyl (C=O) groups is 2. The Hall–Kier alpha value is -3.68. The van der Waals surface area contributed by atoms with Gasteiger partial charge in [0, 0.05) is 11.6 Å². The van der Waals surface area contributed by atoms with E-state index in [2.05, 4.69) is 4.74 Å². The van der Waals surface area contributed by atoms with Gasteiger partial charge in [0.15, 0.2) is 23.0 Å². The molecule has 1 heterocycles. The Kier molecular flexibility index (Phi) is 6.15. The van der Waals surface area contributed by atoms with Gasteiger partial charge in [-0.15, -0.1) is 0 Å². The maximum absolute atomic E-state index is 12.5. The van der Waals surface area contributed by atoms with Crippen molar-refractivity contribution in [3.8, 4) is 23.0 Å². The van der Waals surface area contributed by atoms with Gasteiger partial charge in [0.1, 0.15) is 0 Å². The molecule has 0 amide bonds. The van der Waals surface area contributed by atoms with Gasteiger partial charge in [0.25, 0.3) is 0 Å². The van der Waals surface area contributed by atoms with Crippen molar-refractivity contribution in [1.82, 2.24) is 0 Å². The third kappa shape index (κ3) is 3.89. The highest BCUT2D eigenvalue weighted by atomic mass is 16.6. The van der Waals surface area contributed by atoms with Crippen molar-refractivity contribution in [2.75, 3.05) is 28.4 Å². The molecule has 0 unspecified atom stereocenters. The van der Waals surface area contributed by atoms with E-state index in [-0.39, 0.29) is 11.5 Å². The average molecular weight is 414 g/mol. The predicted octanol–water partition coefficient (Wildman–Crippen LogP) is 2.66. The maximum Gasteiger partial charge on any atom is 0.348 e. The highest BCUT2D eigenvalue weighted by molar-refractivity contribution is 5.87. The fourth-order valence-electron chi connectivity index (χ4n) is 3.38. The Labute approximate surface area is 173 Å². The molecule has 1 aliphatic heterocycles. The number of aromatic hydroxyl groups is 1. The van der Waals surface area contributed by atoms with Crippen LogP contribution in [0.25, 0.3) is 6.08 Å². The summed E-state index contributed by atoms with van der Waals surface area (Å²) in [6.07, 6.45) is 1.90. The number of methoxy groups -OCH3 is 4. The summed E-state index contributed by atoms with van der Waals surface area (Å²) in [5, 5.41) is 9.95. The van der Waals surface area contributed by atoms with Crippen molar-refractivity contribution in [1.29, 1.82) is 0 Å². The molecule has 1 N–H and O–H groups in total. The summed E-state index contributed by atoms with van der Waals surface area (Å²) in [4.78, 5) is 24.0. The lowest BCUT2D eigenvalue weighted by Gasteiger charge is -2.18. The fraction of sp³-hybridized carbons (Fsp3) is 0.273. The summed E-state index contributed by atoms with van der Waals surface area (Å²) in [6, 6.07) is 8.29. The summed E-state index contributed by atoms with van der Waals surface area (Å²) in [6.45, 7) is 0. The average Bonchev–Trinajstić information content (AvgIpc) is 3.16. The van der Waals surface area contributed by atoms with Gasteiger partial charge in [-0.1, -0.05) is 6.07 Å². The smallest absolute Gasteiger partial charge is 0.348 e. The second-order valence-corrected chi connectivity index (χ2v) is 6.47. The zero-order chi connectivity index (χ0) is 21.8. The van der Waals surface area contributed by atoms with Gasteiger partial charge in [0.2, 0.25) is 6.10 Å². The quantitative estimate of drug-likeness (QED) is 0.569. The molecule has 0 radical (unpaired) electrons. The van der Waals surface area contributed by atoms with Crippen LogP contribution in [-0.2, 0) is 19.1 Å². The van der Waals surface area contributed by atoms with Gasteiger partial charge in [-0.3, -0.25) is 0 Å². The molecule has 8 nitrogen and oxygen atoms in total. The van der Waals surface area contributed by atoms with E-state index in [1.165, 1.54) is 40.6 Å². The molecule has 0 fully saturated rings. The number of hydrogen-bond acceptors (Lipinski definition) is 8. The molecule has 0 aromatic heterocycles. The Bertz CT molecular complexity index is 995. The van der Waals surface area contributed by atoms with Crippen LogP contribution in [0.4, 0.5) is 0 Å². The zero-order valence-electron chi connectivity index (χ0n) is 17.0. The Balaban J connectivity index is 2.17. The molecule has 30 heavy (non-hydrogen) atoms. The van der Waals surface area contributed by atoms with Crippen molar-refractivity contribution < 1.29 is 38.4 Å². The molecule has 158 valence electrons. The first kappa shape index (κ1) is 21.0. The fourth-order valence-corrected chi connectivity index (χ4v) is 3.38. The van der Waals surface area contributed by atoms with Crippen LogP contribution >= 0.6 is 0 Å². The van der Waals surface area contributed by atoms with Crippen LogP contribution < -0.4 is 14.2 Å². The minimum absolute atomic E-state index is 0.0256. The first-order valence-corrected chi connectivity index (χ1v) is 9.02. The normalized spacial score (nSPS) is 17.2. The summed E-state index contributed by atoms with van der Waals surface area (Å²) in [7, 11) is 5.50. The van der Waals surface area contributed by atoms with Gasteiger partial charge in [-0.25, -0.2) is 9.59 Å². The molecular formula is C22H22O8. The van der Waals surface area contributed by atoms with Gasteiger partial charge in [-0.05, 0) is 41.5 Å². The third-order valence-electron chi connectivity index (χ3n) is 4.82. The first-order valence-electron chi connectivity index (χ1n) is 9.02. The standard InChI is InChI=1S/C22H22O8/c1-26-16-11-13(6-7-15(16)23)19-14-9-12(5-8-18(24)28-3)10-17(27-2)20(14)30-21(19)22(25)29-4/h5-11,19,21,23H,1-4H3/t19-,21-/m0/s1. The lowest BCUT2D eigenvalue weighted by atomic mass is 9.87. The molecule has 3 rings (SSSR count). The Morgan fingerprint density at radius 2 is 1.73 bits per heavy atom. The molecule has 2 aromatic carbocycles. The predicted molar refractivity (Wildman–Crippen MR) is 107 cm³/mol. The van der Waals surface area contributed by atoms with Gasteiger partial charge >= 0.3 is 11.9 Å². The first-order chi connectivity index (χ1) is 14.4. The Morgan fingerprint density at radius 3 is 2.37 bits per heavy atom. The van der Waals surface area contributed by atoms with E-state index >= 15 is 0 Å². The van der Waals surface area contributed by atoms with Crippen LogP contribution in [0.2, 0.25) is 0 Å². The van der Waals surface area contributed by atoms with Crippen LogP contribution in [0.3, 0.4) is 0 Å². The minimum atomic E-state index is -0.965. The van der Waals surface area contributed by atoms with E-state index in [0.29, 0.717) is 28.2 Å². The number of rotatable bonds is 6. The summed E-state index contributed by atoms with van der Waals surface area (Å²) in [5.74, 6) is -0.572. The monoisotopic (exact) mass is 414 g/mol. The van der Waals surface area contributed by atoms with Crippen LogP contribution in [0.5, 0.6) is 23.0 Å². The van der Waals surface area contributed by atoms with E-state index in [0.717, 1.165) is 0 Å². The summed E-state index contributed by atoms with van der Waals surface area (Å²) >= 11 is 0. The van der Waals surface area contributed by atoms with E-state index in [1.807, 2.05) is 0 Å². The molecule has 0 bridgehead atoms. The Morgan fingerprint density at radius 1 is 1.00 bits per heavy atom. The van der Waals surface area contributed by atoms with E-state index in [1.54, 1.807) is 30.3 Å². The van der Waals surface area contributed by atoms with Crippen molar-refractivity contribution in [2.45, 2.75) is 12.0 Å². The molecule has 0 saturated heterocycles. The van der Waals surface area contributed by atoms with Crippen molar-refractivity contribution in [3.05, 3.63) is 53.1 Å². The molecule has 0 saturated carbocycles. The lowest BCUT2D eigenvalue weighted by Crippen LogP contribution is -2.30. The summed E-state index contributed by atoms with van der Waals surface area (Å²) < 4.78 is 26.2. The van der Waals surface area contributed by atoms with E-state index in [4.69, 9.17) is 18.9 Å². The van der Waals surface area contributed by atoms with Gasteiger partial charge < -0.3 is 28.8 Å². The highest BCUT2D eigenvalue weighted by Gasteiger charge is 2.43. The number of benzene rings is 2. The molecule has 2 aromatic rings. The number of hydrogen-bond donors (Lipinski definition) is 1. The minimum Gasteiger partial charge on any atom is -0.504 e. The highest BCUT2D eigenvalue weighted by Crippen LogP contribution is 2.49. The largest absolute Gasteiger partial charge is 0.504 e.